The van der Waals surface area contributed by atoms with Gasteiger partial charge in [-0.3, -0.25) is 9.89 Å². The molecule has 0 aliphatic carbocycles. The Labute approximate surface area is 167 Å². The molecule has 2 aromatic rings. The normalized spacial score (nSPS) is 14.6. The molecule has 1 fully saturated rings. The van der Waals surface area contributed by atoms with E-state index in [1.54, 1.807) is 0 Å². The topological polar surface area (TPSA) is 61.0 Å². The quantitative estimate of drug-likeness (QED) is 0.512. The van der Waals surface area contributed by atoms with Crippen molar-refractivity contribution in [3.05, 3.63) is 36.7 Å². The maximum absolute atomic E-state index is 12.0. The zero-order chi connectivity index (χ0) is 19.6. The number of aromatic amines is 1. The number of piperidine rings is 1. The molecule has 0 saturated carbocycles. The van der Waals surface area contributed by atoms with Crippen LogP contribution in [0.3, 0.4) is 0 Å². The Balaban J connectivity index is 1.35. The fourth-order valence-electron chi connectivity index (χ4n) is 3.70. The second kappa shape index (κ2) is 10.6. The number of hydrogen-bond donors (Lipinski definition) is 2. The van der Waals surface area contributed by atoms with Crippen LogP contribution in [0.15, 0.2) is 36.7 Å². The molecule has 1 aromatic heterocycles. The monoisotopic (exact) mass is 378 g/mol. The number of benzene rings is 1. The van der Waals surface area contributed by atoms with E-state index in [1.165, 1.54) is 11.3 Å². The highest BCUT2D eigenvalue weighted by molar-refractivity contribution is 5.75. The van der Waals surface area contributed by atoms with Crippen LogP contribution in [0.4, 0.5) is 5.69 Å². The van der Waals surface area contributed by atoms with Crippen LogP contribution in [0.5, 0.6) is 0 Å². The van der Waals surface area contributed by atoms with Crippen LogP contribution in [-0.4, -0.2) is 35.7 Å². The maximum Gasteiger partial charge on any atom is 0.220 e. The molecule has 2 heterocycles. The highest BCUT2D eigenvalue weighted by Gasteiger charge is 2.20. The molecular formula is C23H30N4O. The Bertz CT molecular complexity index is 753. The van der Waals surface area contributed by atoms with Crippen molar-refractivity contribution in [3.63, 3.8) is 0 Å². The summed E-state index contributed by atoms with van der Waals surface area (Å²) in [4.78, 5) is 14.4. The fourth-order valence-corrected chi connectivity index (χ4v) is 3.70. The van der Waals surface area contributed by atoms with E-state index in [2.05, 4.69) is 50.6 Å². The summed E-state index contributed by atoms with van der Waals surface area (Å²) < 4.78 is 0. The Hall–Kier alpha value is -2.74. The van der Waals surface area contributed by atoms with Gasteiger partial charge in [0, 0.05) is 49.9 Å². The molecule has 1 aromatic carbocycles. The third kappa shape index (κ3) is 5.88. The van der Waals surface area contributed by atoms with Gasteiger partial charge in [0.05, 0.1) is 6.20 Å². The first-order valence-electron chi connectivity index (χ1n) is 10.3. The minimum atomic E-state index is 0.179. The summed E-state index contributed by atoms with van der Waals surface area (Å²) in [6.07, 6.45) is 15.6. The van der Waals surface area contributed by atoms with Gasteiger partial charge in [-0.05, 0) is 49.3 Å². The van der Waals surface area contributed by atoms with Crippen LogP contribution in [0.25, 0.3) is 11.1 Å². The van der Waals surface area contributed by atoms with E-state index in [1.807, 2.05) is 12.4 Å². The molecule has 0 spiro atoms. The second-order valence-corrected chi connectivity index (χ2v) is 7.53. The number of H-pyrrole nitrogens is 1. The SMILES string of the molecule is C#CCCCCCC(=O)NCC1CCN(c2ccc(-c3cn[nH]c3)cc2)CC1. The number of carbonyl (C=O) groups is 1. The summed E-state index contributed by atoms with van der Waals surface area (Å²) in [6.45, 7) is 2.88. The van der Waals surface area contributed by atoms with Gasteiger partial charge < -0.3 is 10.2 Å². The molecule has 2 N–H and O–H groups in total. The summed E-state index contributed by atoms with van der Waals surface area (Å²) in [5, 5.41) is 9.97. The molecule has 1 aliphatic heterocycles. The second-order valence-electron chi connectivity index (χ2n) is 7.53. The third-order valence-corrected chi connectivity index (χ3v) is 5.49. The first kappa shape index (κ1) is 20.0. The number of anilines is 1. The van der Waals surface area contributed by atoms with Gasteiger partial charge in [0.2, 0.25) is 5.91 Å². The minimum Gasteiger partial charge on any atom is -0.372 e. The summed E-state index contributed by atoms with van der Waals surface area (Å²) in [6, 6.07) is 8.67. The molecule has 1 saturated heterocycles. The molecule has 0 bridgehead atoms. The average molecular weight is 379 g/mol. The summed E-state index contributed by atoms with van der Waals surface area (Å²) in [7, 11) is 0. The Kier molecular flexibility index (Phi) is 7.54. The van der Waals surface area contributed by atoms with Crippen molar-refractivity contribution in [1.82, 2.24) is 15.5 Å². The van der Waals surface area contributed by atoms with Gasteiger partial charge in [-0.15, -0.1) is 12.3 Å². The van der Waals surface area contributed by atoms with Crippen molar-refractivity contribution >= 4 is 11.6 Å². The molecule has 0 atom stereocenters. The van der Waals surface area contributed by atoms with E-state index in [0.717, 1.165) is 63.7 Å². The molecule has 0 radical (unpaired) electrons. The van der Waals surface area contributed by atoms with Gasteiger partial charge in [-0.25, -0.2) is 0 Å². The number of terminal acetylenes is 1. The third-order valence-electron chi connectivity index (χ3n) is 5.49. The van der Waals surface area contributed by atoms with Gasteiger partial charge in [0.15, 0.2) is 0 Å². The highest BCUT2D eigenvalue weighted by atomic mass is 16.1. The molecule has 28 heavy (non-hydrogen) atoms. The number of nitrogens with one attached hydrogen (secondary N) is 2. The Morgan fingerprint density at radius 1 is 1.18 bits per heavy atom. The van der Waals surface area contributed by atoms with E-state index < -0.39 is 0 Å². The summed E-state index contributed by atoms with van der Waals surface area (Å²) >= 11 is 0. The number of carbonyl (C=O) groups excluding carboxylic acids is 1. The van der Waals surface area contributed by atoms with E-state index >= 15 is 0 Å². The molecule has 3 rings (SSSR count). The molecule has 1 amide bonds. The zero-order valence-corrected chi connectivity index (χ0v) is 16.5. The molecule has 5 heteroatoms. The van der Waals surface area contributed by atoms with Crippen molar-refractivity contribution in [3.8, 4) is 23.5 Å². The predicted molar refractivity (Wildman–Crippen MR) is 114 cm³/mol. The highest BCUT2D eigenvalue weighted by Crippen LogP contribution is 2.26. The first-order chi connectivity index (χ1) is 13.8. The number of nitrogens with zero attached hydrogens (tertiary/aromatic N) is 2. The van der Waals surface area contributed by atoms with Crippen molar-refractivity contribution in [1.29, 1.82) is 0 Å². The smallest absolute Gasteiger partial charge is 0.220 e. The lowest BCUT2D eigenvalue weighted by molar-refractivity contribution is -0.121. The number of unbranched alkanes of at least 4 members (excludes halogenated alkanes) is 3. The van der Waals surface area contributed by atoms with Gasteiger partial charge in [0.1, 0.15) is 0 Å². The van der Waals surface area contributed by atoms with Crippen molar-refractivity contribution < 1.29 is 4.79 Å². The van der Waals surface area contributed by atoms with Gasteiger partial charge in [0.25, 0.3) is 0 Å². The van der Waals surface area contributed by atoms with E-state index in [0.29, 0.717) is 12.3 Å². The lowest BCUT2D eigenvalue weighted by atomic mass is 9.96. The summed E-state index contributed by atoms with van der Waals surface area (Å²) in [5.41, 5.74) is 3.55. The predicted octanol–water partition coefficient (Wildman–Crippen LogP) is 3.99. The number of aromatic nitrogens is 2. The van der Waals surface area contributed by atoms with Crippen LogP contribution >= 0.6 is 0 Å². The van der Waals surface area contributed by atoms with E-state index in [9.17, 15) is 4.79 Å². The molecule has 0 unspecified atom stereocenters. The van der Waals surface area contributed by atoms with Crippen molar-refractivity contribution in [2.24, 2.45) is 5.92 Å². The van der Waals surface area contributed by atoms with Crippen LogP contribution in [0.2, 0.25) is 0 Å². The molecule has 148 valence electrons. The van der Waals surface area contributed by atoms with Crippen molar-refractivity contribution in [2.75, 3.05) is 24.5 Å². The number of amides is 1. The average Bonchev–Trinajstić information content (AvgIpc) is 3.28. The molecule has 5 nitrogen and oxygen atoms in total. The van der Waals surface area contributed by atoms with E-state index in [4.69, 9.17) is 6.42 Å². The van der Waals surface area contributed by atoms with Crippen LogP contribution in [-0.2, 0) is 4.79 Å². The van der Waals surface area contributed by atoms with Gasteiger partial charge in [-0.2, -0.15) is 5.10 Å². The lowest BCUT2D eigenvalue weighted by Gasteiger charge is -2.33. The van der Waals surface area contributed by atoms with Gasteiger partial charge >= 0.3 is 0 Å². The minimum absolute atomic E-state index is 0.179. The Morgan fingerprint density at radius 2 is 1.96 bits per heavy atom. The fraction of sp³-hybridized carbons (Fsp3) is 0.478. The lowest BCUT2D eigenvalue weighted by Crippen LogP contribution is -2.38. The zero-order valence-electron chi connectivity index (χ0n) is 16.5. The largest absolute Gasteiger partial charge is 0.372 e. The molecule has 1 aliphatic rings. The van der Waals surface area contributed by atoms with Crippen LogP contribution in [0.1, 0.15) is 44.9 Å². The first-order valence-corrected chi connectivity index (χ1v) is 10.3. The Morgan fingerprint density at radius 3 is 2.64 bits per heavy atom. The molecular weight excluding hydrogens is 348 g/mol. The van der Waals surface area contributed by atoms with E-state index in [-0.39, 0.29) is 5.91 Å². The van der Waals surface area contributed by atoms with Crippen LogP contribution < -0.4 is 10.2 Å². The standard InChI is InChI=1S/C23H30N4O/c1-2-3-4-5-6-7-23(28)24-16-19-12-14-27(15-13-19)22-10-8-20(9-11-22)21-17-25-26-18-21/h1,8-11,17-19H,3-7,12-16H2,(H,24,28)(H,25,26). The van der Waals surface area contributed by atoms with Crippen LogP contribution in [0, 0.1) is 18.3 Å². The maximum atomic E-state index is 12.0. The van der Waals surface area contributed by atoms with Gasteiger partial charge in [-0.1, -0.05) is 18.6 Å². The van der Waals surface area contributed by atoms with Crippen molar-refractivity contribution in [2.45, 2.75) is 44.9 Å². The number of hydrogen-bond acceptors (Lipinski definition) is 3. The summed E-state index contributed by atoms with van der Waals surface area (Å²) in [5.74, 6) is 3.39. The number of rotatable bonds is 9.